The topological polar surface area (TPSA) is 0 Å². The second kappa shape index (κ2) is 4.49. The van der Waals surface area contributed by atoms with Crippen LogP contribution >= 0.6 is 0 Å². The lowest BCUT2D eigenvalue weighted by Crippen LogP contribution is -2.05. The predicted octanol–water partition coefficient (Wildman–Crippen LogP) is 4.19. The number of hydrogen-bond acceptors (Lipinski definition) is 0. The van der Waals surface area contributed by atoms with Gasteiger partial charge in [-0.25, -0.2) is 0 Å². The van der Waals surface area contributed by atoms with Gasteiger partial charge in [0.2, 0.25) is 0 Å². The lowest BCUT2D eigenvalue weighted by molar-refractivity contribution is 0.486. The van der Waals surface area contributed by atoms with Gasteiger partial charge in [-0.1, -0.05) is 45.4 Å². The molecule has 0 aromatic heterocycles. The first-order valence-corrected chi connectivity index (χ1v) is 4.69. The average Bonchev–Trinajstić information content (AvgIpc) is 2.00. The summed E-state index contributed by atoms with van der Waals surface area (Å²) in [7, 11) is 0. The molecule has 0 heterocycles. The molecule has 0 aliphatic rings. The van der Waals surface area contributed by atoms with Gasteiger partial charge in [0.25, 0.3) is 0 Å². The van der Waals surface area contributed by atoms with E-state index in [9.17, 15) is 0 Å². The van der Waals surface area contributed by atoms with Gasteiger partial charge in [-0.2, -0.15) is 0 Å². The second-order valence-corrected chi connectivity index (χ2v) is 4.50. The highest BCUT2D eigenvalue weighted by molar-refractivity contribution is 5.04. The molecule has 0 aromatic rings. The molecule has 0 N–H and O–H groups in total. The highest BCUT2D eigenvalue weighted by Crippen LogP contribution is 2.23. The molecule has 0 atom stereocenters. The molecule has 0 unspecified atom stereocenters. The summed E-state index contributed by atoms with van der Waals surface area (Å²) in [4.78, 5) is 0. The fourth-order valence-corrected chi connectivity index (χ4v) is 0.743. The molecule has 0 rings (SSSR count). The molecular formula is C12H22. The summed E-state index contributed by atoms with van der Waals surface area (Å²) in [5.41, 5.74) is 1.72. The first kappa shape index (κ1) is 11.5. The minimum absolute atomic E-state index is 0.246. The van der Waals surface area contributed by atoms with Gasteiger partial charge in [-0.15, -0.1) is 6.58 Å². The lowest BCUT2D eigenvalue weighted by Gasteiger charge is -2.18. The average molecular weight is 166 g/mol. The third-order valence-corrected chi connectivity index (χ3v) is 2.41. The Hall–Kier alpha value is -0.520. The first-order valence-electron chi connectivity index (χ1n) is 4.69. The minimum Gasteiger partial charge on any atom is -0.103 e. The van der Waals surface area contributed by atoms with Gasteiger partial charge in [0.15, 0.2) is 0 Å². The minimum atomic E-state index is 0.246. The van der Waals surface area contributed by atoms with Crippen molar-refractivity contribution in [3.05, 3.63) is 24.3 Å². The Morgan fingerprint density at radius 2 is 1.92 bits per heavy atom. The van der Waals surface area contributed by atoms with Crippen LogP contribution in [0, 0.1) is 11.3 Å². The highest BCUT2D eigenvalue weighted by atomic mass is 14.2. The van der Waals surface area contributed by atoms with Crippen LogP contribution in [0.5, 0.6) is 0 Å². The standard InChI is InChI=1S/C12H22/c1-7-12(5,6)9-8-11(4)10(2)3/h7-8,10H,1,9H2,2-6H3. The fourth-order valence-electron chi connectivity index (χ4n) is 0.743. The third-order valence-electron chi connectivity index (χ3n) is 2.41. The molecule has 0 spiro atoms. The molecule has 0 saturated heterocycles. The molecule has 0 saturated carbocycles. The molecule has 0 aliphatic heterocycles. The van der Waals surface area contributed by atoms with E-state index in [4.69, 9.17) is 0 Å². The van der Waals surface area contributed by atoms with Gasteiger partial charge in [0, 0.05) is 0 Å². The number of allylic oxidation sites excluding steroid dienone is 3. The van der Waals surface area contributed by atoms with Gasteiger partial charge in [0.1, 0.15) is 0 Å². The second-order valence-electron chi connectivity index (χ2n) is 4.50. The van der Waals surface area contributed by atoms with Crippen molar-refractivity contribution in [2.45, 2.75) is 41.0 Å². The molecule has 70 valence electrons. The maximum atomic E-state index is 3.83. The van der Waals surface area contributed by atoms with Crippen LogP contribution in [0.15, 0.2) is 24.3 Å². The highest BCUT2D eigenvalue weighted by Gasteiger charge is 2.10. The number of hydrogen-bond donors (Lipinski definition) is 0. The number of rotatable bonds is 4. The third kappa shape index (κ3) is 4.38. The summed E-state index contributed by atoms with van der Waals surface area (Å²) >= 11 is 0. The molecular weight excluding hydrogens is 144 g/mol. The van der Waals surface area contributed by atoms with Crippen LogP contribution in [0.3, 0.4) is 0 Å². The Morgan fingerprint density at radius 3 is 2.25 bits per heavy atom. The zero-order valence-corrected chi connectivity index (χ0v) is 9.15. The van der Waals surface area contributed by atoms with Crippen molar-refractivity contribution in [2.75, 3.05) is 0 Å². The van der Waals surface area contributed by atoms with Crippen LogP contribution in [0.1, 0.15) is 41.0 Å². The van der Waals surface area contributed by atoms with Crippen molar-refractivity contribution in [1.29, 1.82) is 0 Å². The van der Waals surface area contributed by atoms with Crippen molar-refractivity contribution in [3.63, 3.8) is 0 Å². The maximum absolute atomic E-state index is 3.83. The summed E-state index contributed by atoms with van der Waals surface area (Å²) in [5.74, 6) is 0.672. The molecule has 0 aromatic carbocycles. The van der Waals surface area contributed by atoms with Gasteiger partial charge in [-0.3, -0.25) is 0 Å². The summed E-state index contributed by atoms with van der Waals surface area (Å²) in [6, 6.07) is 0. The normalized spacial score (nSPS) is 13.7. The van der Waals surface area contributed by atoms with Crippen LogP contribution in [-0.2, 0) is 0 Å². The Kier molecular flexibility index (Phi) is 4.30. The van der Waals surface area contributed by atoms with E-state index in [1.165, 1.54) is 5.57 Å². The largest absolute Gasteiger partial charge is 0.103 e. The molecule has 12 heavy (non-hydrogen) atoms. The Balaban J connectivity index is 4.12. The quantitative estimate of drug-likeness (QED) is 0.549. The maximum Gasteiger partial charge on any atom is -0.0143 e. The fraction of sp³-hybridized carbons (Fsp3) is 0.667. The van der Waals surface area contributed by atoms with Crippen molar-refractivity contribution in [3.8, 4) is 0 Å². The molecule has 0 bridgehead atoms. The van der Waals surface area contributed by atoms with E-state index in [1.54, 1.807) is 0 Å². The first-order chi connectivity index (χ1) is 5.39. The Morgan fingerprint density at radius 1 is 1.42 bits per heavy atom. The van der Waals surface area contributed by atoms with Crippen molar-refractivity contribution < 1.29 is 0 Å². The van der Waals surface area contributed by atoms with Crippen LogP contribution in [0.25, 0.3) is 0 Å². The molecule has 0 aliphatic carbocycles. The monoisotopic (exact) mass is 166 g/mol. The SMILES string of the molecule is C=CC(C)(C)CC=C(C)C(C)C. The smallest absolute Gasteiger partial charge is 0.0143 e. The molecule has 0 radical (unpaired) electrons. The molecule has 0 nitrogen and oxygen atoms in total. The van der Waals surface area contributed by atoms with E-state index in [0.717, 1.165) is 6.42 Å². The summed E-state index contributed by atoms with van der Waals surface area (Å²) in [5, 5.41) is 0. The van der Waals surface area contributed by atoms with E-state index in [0.29, 0.717) is 5.92 Å². The summed E-state index contributed by atoms with van der Waals surface area (Å²) in [6.45, 7) is 14.9. The molecule has 0 fully saturated rings. The zero-order valence-electron chi connectivity index (χ0n) is 9.15. The van der Waals surface area contributed by atoms with Crippen molar-refractivity contribution >= 4 is 0 Å². The molecule has 0 amide bonds. The summed E-state index contributed by atoms with van der Waals surface area (Å²) < 4.78 is 0. The van der Waals surface area contributed by atoms with Gasteiger partial charge >= 0.3 is 0 Å². The Bertz CT molecular complexity index is 170. The van der Waals surface area contributed by atoms with Crippen LogP contribution in [0.4, 0.5) is 0 Å². The van der Waals surface area contributed by atoms with E-state index in [1.807, 2.05) is 6.08 Å². The summed E-state index contributed by atoms with van der Waals surface area (Å²) in [6.07, 6.45) is 5.45. The van der Waals surface area contributed by atoms with Crippen LogP contribution in [-0.4, -0.2) is 0 Å². The molecule has 0 heteroatoms. The lowest BCUT2D eigenvalue weighted by atomic mass is 9.88. The van der Waals surface area contributed by atoms with Crippen molar-refractivity contribution in [2.24, 2.45) is 11.3 Å². The van der Waals surface area contributed by atoms with E-state index < -0.39 is 0 Å². The van der Waals surface area contributed by atoms with E-state index in [2.05, 4.69) is 47.3 Å². The predicted molar refractivity (Wildman–Crippen MR) is 57.2 cm³/mol. The van der Waals surface area contributed by atoms with Gasteiger partial charge in [-0.05, 0) is 24.7 Å². The van der Waals surface area contributed by atoms with E-state index >= 15 is 0 Å². The van der Waals surface area contributed by atoms with E-state index in [-0.39, 0.29) is 5.41 Å². The van der Waals surface area contributed by atoms with Crippen LogP contribution in [0.2, 0.25) is 0 Å². The Labute approximate surface area is 77.4 Å². The zero-order chi connectivity index (χ0) is 9.78. The van der Waals surface area contributed by atoms with Crippen molar-refractivity contribution in [1.82, 2.24) is 0 Å². The van der Waals surface area contributed by atoms with Gasteiger partial charge in [0.05, 0.1) is 0 Å². The van der Waals surface area contributed by atoms with Crippen LogP contribution < -0.4 is 0 Å². The van der Waals surface area contributed by atoms with Gasteiger partial charge < -0.3 is 0 Å².